The molecule has 32 heavy (non-hydrogen) atoms. The molecule has 0 unspecified atom stereocenters. The quantitative estimate of drug-likeness (QED) is 0.339. The number of carbonyl (C=O) groups is 1. The van der Waals surface area contributed by atoms with E-state index in [1.54, 1.807) is 0 Å². The molecule has 0 bridgehead atoms. The summed E-state index contributed by atoms with van der Waals surface area (Å²) >= 11 is 1.44. The number of thioether (sulfide) groups is 1. The lowest BCUT2D eigenvalue weighted by Crippen LogP contribution is -2.30. The van der Waals surface area contributed by atoms with Crippen LogP contribution in [0.4, 0.5) is 11.4 Å². The van der Waals surface area contributed by atoms with Crippen LogP contribution in [0.3, 0.4) is 0 Å². The SMILES string of the molecule is CCN(c1ccc(NC(=O)CSc2nc3ccccc3n2-c2ccccc2)cc1)C(C)C. The van der Waals surface area contributed by atoms with Crippen LogP contribution in [0.5, 0.6) is 0 Å². The van der Waals surface area contributed by atoms with Gasteiger partial charge in [0, 0.05) is 29.6 Å². The van der Waals surface area contributed by atoms with Crippen LogP contribution in [-0.2, 0) is 4.79 Å². The molecule has 3 aromatic carbocycles. The Morgan fingerprint density at radius 2 is 1.69 bits per heavy atom. The van der Waals surface area contributed by atoms with E-state index in [2.05, 4.69) is 65.9 Å². The number of carbonyl (C=O) groups excluding carboxylic acids is 1. The van der Waals surface area contributed by atoms with E-state index in [9.17, 15) is 4.79 Å². The number of fused-ring (bicyclic) bond motifs is 1. The molecule has 1 amide bonds. The van der Waals surface area contributed by atoms with Gasteiger partial charge in [-0.05, 0) is 69.3 Å². The Morgan fingerprint density at radius 3 is 2.38 bits per heavy atom. The lowest BCUT2D eigenvalue weighted by Gasteiger charge is -2.27. The third-order valence-corrected chi connectivity index (χ3v) is 6.26. The highest BCUT2D eigenvalue weighted by molar-refractivity contribution is 7.99. The highest BCUT2D eigenvalue weighted by atomic mass is 32.2. The molecule has 164 valence electrons. The van der Waals surface area contributed by atoms with Crippen molar-refractivity contribution >= 4 is 40.1 Å². The average molecular weight is 445 g/mol. The molecule has 1 heterocycles. The van der Waals surface area contributed by atoms with Gasteiger partial charge < -0.3 is 10.2 Å². The zero-order valence-electron chi connectivity index (χ0n) is 18.7. The second kappa shape index (κ2) is 9.92. The van der Waals surface area contributed by atoms with Crippen LogP contribution in [0, 0.1) is 0 Å². The van der Waals surface area contributed by atoms with Crippen LogP contribution >= 0.6 is 11.8 Å². The van der Waals surface area contributed by atoms with Crippen molar-refractivity contribution < 1.29 is 4.79 Å². The van der Waals surface area contributed by atoms with Gasteiger partial charge in [-0.2, -0.15) is 0 Å². The van der Waals surface area contributed by atoms with E-state index in [-0.39, 0.29) is 11.7 Å². The molecule has 0 radical (unpaired) electrons. The summed E-state index contributed by atoms with van der Waals surface area (Å²) in [6, 6.07) is 26.6. The van der Waals surface area contributed by atoms with Crippen molar-refractivity contribution in [2.45, 2.75) is 32.0 Å². The maximum Gasteiger partial charge on any atom is 0.234 e. The molecule has 0 aliphatic carbocycles. The summed E-state index contributed by atoms with van der Waals surface area (Å²) in [7, 11) is 0. The van der Waals surface area contributed by atoms with Gasteiger partial charge in [0.25, 0.3) is 0 Å². The fraction of sp³-hybridized carbons (Fsp3) is 0.231. The zero-order valence-corrected chi connectivity index (χ0v) is 19.5. The van der Waals surface area contributed by atoms with E-state index >= 15 is 0 Å². The average Bonchev–Trinajstić information content (AvgIpc) is 3.18. The largest absolute Gasteiger partial charge is 0.369 e. The number of anilines is 2. The van der Waals surface area contributed by atoms with Crippen molar-refractivity contribution in [2.24, 2.45) is 0 Å². The molecule has 1 N–H and O–H groups in total. The molecule has 0 aliphatic heterocycles. The summed E-state index contributed by atoms with van der Waals surface area (Å²) in [6.07, 6.45) is 0. The fourth-order valence-corrected chi connectivity index (χ4v) is 4.66. The van der Waals surface area contributed by atoms with E-state index in [4.69, 9.17) is 4.98 Å². The molecular formula is C26H28N4OS. The predicted octanol–water partition coefficient (Wildman–Crippen LogP) is 5.99. The van der Waals surface area contributed by atoms with Crippen molar-refractivity contribution in [3.05, 3.63) is 78.9 Å². The molecule has 0 aliphatic rings. The maximum absolute atomic E-state index is 12.7. The summed E-state index contributed by atoms with van der Waals surface area (Å²) in [5.41, 5.74) is 4.94. The summed E-state index contributed by atoms with van der Waals surface area (Å²) < 4.78 is 2.10. The normalized spacial score (nSPS) is 11.1. The number of imidazole rings is 1. The van der Waals surface area contributed by atoms with Gasteiger partial charge in [0.1, 0.15) is 0 Å². The highest BCUT2D eigenvalue weighted by Crippen LogP contribution is 2.28. The van der Waals surface area contributed by atoms with Gasteiger partial charge in [0.2, 0.25) is 5.91 Å². The molecule has 4 aromatic rings. The minimum atomic E-state index is -0.0503. The number of amides is 1. The number of nitrogens with one attached hydrogen (secondary N) is 1. The Bertz CT molecular complexity index is 1190. The van der Waals surface area contributed by atoms with Crippen LogP contribution in [0.15, 0.2) is 84.0 Å². The van der Waals surface area contributed by atoms with E-state index in [1.165, 1.54) is 11.8 Å². The van der Waals surface area contributed by atoms with Gasteiger partial charge in [0.05, 0.1) is 16.8 Å². The van der Waals surface area contributed by atoms with E-state index < -0.39 is 0 Å². The Hall–Kier alpha value is -3.25. The summed E-state index contributed by atoms with van der Waals surface area (Å²) in [5.74, 6) is 0.232. The monoisotopic (exact) mass is 444 g/mol. The van der Waals surface area contributed by atoms with Gasteiger partial charge in [0.15, 0.2) is 5.16 Å². The van der Waals surface area contributed by atoms with Crippen molar-refractivity contribution in [1.29, 1.82) is 0 Å². The molecule has 4 rings (SSSR count). The Morgan fingerprint density at radius 1 is 1.00 bits per heavy atom. The first-order valence-electron chi connectivity index (χ1n) is 10.9. The van der Waals surface area contributed by atoms with Gasteiger partial charge >= 0.3 is 0 Å². The van der Waals surface area contributed by atoms with Gasteiger partial charge in [-0.1, -0.05) is 42.1 Å². The third kappa shape index (κ3) is 4.81. The van der Waals surface area contributed by atoms with Crippen LogP contribution in [0.1, 0.15) is 20.8 Å². The van der Waals surface area contributed by atoms with Crippen LogP contribution < -0.4 is 10.2 Å². The van der Waals surface area contributed by atoms with Crippen molar-refractivity contribution in [2.75, 3.05) is 22.5 Å². The van der Waals surface area contributed by atoms with Gasteiger partial charge in [-0.3, -0.25) is 9.36 Å². The Balaban J connectivity index is 1.47. The highest BCUT2D eigenvalue weighted by Gasteiger charge is 2.15. The van der Waals surface area contributed by atoms with Crippen LogP contribution in [0.2, 0.25) is 0 Å². The molecule has 0 spiro atoms. The van der Waals surface area contributed by atoms with Crippen LogP contribution in [-0.4, -0.2) is 33.8 Å². The first kappa shape index (κ1) is 22.0. The second-order valence-electron chi connectivity index (χ2n) is 7.82. The number of hydrogen-bond donors (Lipinski definition) is 1. The van der Waals surface area contributed by atoms with Gasteiger partial charge in [-0.15, -0.1) is 0 Å². The second-order valence-corrected chi connectivity index (χ2v) is 8.76. The zero-order chi connectivity index (χ0) is 22.5. The summed E-state index contributed by atoms with van der Waals surface area (Å²) in [4.78, 5) is 19.7. The minimum absolute atomic E-state index is 0.0503. The minimum Gasteiger partial charge on any atom is -0.369 e. The van der Waals surface area contributed by atoms with E-state index in [0.717, 1.165) is 39.8 Å². The van der Waals surface area contributed by atoms with Crippen molar-refractivity contribution in [1.82, 2.24) is 9.55 Å². The standard InChI is InChI=1S/C26H28N4OS/c1-4-29(19(2)3)21-16-14-20(15-17-21)27-25(31)18-32-26-28-23-12-8-9-13-24(23)30(26)22-10-6-5-7-11-22/h5-17,19H,4,18H2,1-3H3,(H,27,31). The number of benzene rings is 3. The first-order chi connectivity index (χ1) is 15.6. The molecule has 6 heteroatoms. The lowest BCUT2D eigenvalue weighted by atomic mass is 10.2. The predicted molar refractivity (Wildman–Crippen MR) is 135 cm³/mol. The Labute approximate surface area is 193 Å². The first-order valence-corrected chi connectivity index (χ1v) is 11.9. The molecule has 0 saturated carbocycles. The molecular weight excluding hydrogens is 416 g/mol. The molecule has 0 saturated heterocycles. The number of hydrogen-bond acceptors (Lipinski definition) is 4. The smallest absolute Gasteiger partial charge is 0.234 e. The van der Waals surface area contributed by atoms with E-state index in [0.29, 0.717) is 6.04 Å². The summed E-state index contributed by atoms with van der Waals surface area (Å²) in [5, 5.41) is 3.81. The topological polar surface area (TPSA) is 50.2 Å². The van der Waals surface area contributed by atoms with Gasteiger partial charge in [-0.25, -0.2) is 4.98 Å². The molecule has 0 atom stereocenters. The van der Waals surface area contributed by atoms with Crippen molar-refractivity contribution in [3.8, 4) is 5.69 Å². The molecule has 1 aromatic heterocycles. The Kier molecular flexibility index (Phi) is 6.81. The molecule has 5 nitrogen and oxygen atoms in total. The third-order valence-electron chi connectivity index (χ3n) is 5.32. The number of nitrogens with zero attached hydrogens (tertiary/aromatic N) is 3. The fourth-order valence-electron chi connectivity index (χ4n) is 3.84. The number of rotatable bonds is 8. The van der Waals surface area contributed by atoms with Crippen LogP contribution in [0.25, 0.3) is 16.7 Å². The van der Waals surface area contributed by atoms with E-state index in [1.807, 2.05) is 48.5 Å². The van der Waals surface area contributed by atoms with Crippen molar-refractivity contribution in [3.63, 3.8) is 0 Å². The number of para-hydroxylation sites is 3. The number of aromatic nitrogens is 2. The summed E-state index contributed by atoms with van der Waals surface area (Å²) in [6.45, 7) is 7.45. The lowest BCUT2D eigenvalue weighted by molar-refractivity contribution is -0.113. The molecule has 0 fully saturated rings. The maximum atomic E-state index is 12.7.